The zero-order chi connectivity index (χ0) is 22.6. The molecule has 31 heavy (non-hydrogen) atoms. The Bertz CT molecular complexity index is 1110. The molecule has 2 aromatic rings. The van der Waals surface area contributed by atoms with Crippen LogP contribution in [0.2, 0.25) is 0 Å². The first-order valence-corrected chi connectivity index (χ1v) is 12.3. The summed E-state index contributed by atoms with van der Waals surface area (Å²) in [6.07, 6.45) is 0.730. The smallest absolute Gasteiger partial charge is 0.284 e. The maximum absolute atomic E-state index is 12.8. The lowest BCUT2D eigenvalue weighted by Crippen LogP contribution is -2.33. The van der Waals surface area contributed by atoms with Crippen molar-refractivity contribution in [2.24, 2.45) is 4.40 Å². The van der Waals surface area contributed by atoms with Crippen LogP contribution in [0.25, 0.3) is 0 Å². The van der Waals surface area contributed by atoms with Crippen molar-refractivity contribution in [3.8, 4) is 0 Å². The minimum absolute atomic E-state index is 0.0708. The van der Waals surface area contributed by atoms with Crippen molar-refractivity contribution in [2.75, 3.05) is 11.9 Å². The highest BCUT2D eigenvalue weighted by molar-refractivity contribution is 8.16. The molecule has 1 saturated heterocycles. The van der Waals surface area contributed by atoms with E-state index in [0.717, 1.165) is 29.3 Å². The molecule has 9 heteroatoms. The maximum Gasteiger partial charge on any atom is 0.284 e. The molecule has 0 aromatic heterocycles. The van der Waals surface area contributed by atoms with E-state index in [-0.39, 0.29) is 34.8 Å². The van der Waals surface area contributed by atoms with Crippen LogP contribution >= 0.6 is 11.8 Å². The van der Waals surface area contributed by atoms with Gasteiger partial charge in [0, 0.05) is 18.7 Å². The van der Waals surface area contributed by atoms with Crippen molar-refractivity contribution in [1.82, 2.24) is 4.90 Å². The largest absolute Gasteiger partial charge is 0.326 e. The minimum atomic E-state index is -3.97. The van der Waals surface area contributed by atoms with E-state index in [1.54, 1.807) is 25.1 Å². The first-order chi connectivity index (χ1) is 14.7. The molecule has 0 saturated carbocycles. The lowest BCUT2D eigenvalue weighted by Gasteiger charge is -2.13. The van der Waals surface area contributed by atoms with Gasteiger partial charge in [-0.3, -0.25) is 14.5 Å². The summed E-state index contributed by atoms with van der Waals surface area (Å²) < 4.78 is 29.4. The quantitative estimate of drug-likeness (QED) is 0.683. The fraction of sp³-hybridized carbons (Fsp3) is 0.318. The Morgan fingerprint density at radius 1 is 1.13 bits per heavy atom. The van der Waals surface area contributed by atoms with E-state index in [4.69, 9.17) is 0 Å². The van der Waals surface area contributed by atoms with Gasteiger partial charge in [-0.2, -0.15) is 8.42 Å². The second kappa shape index (κ2) is 9.65. The number of hydrogen-bond donors (Lipinski definition) is 1. The molecule has 1 aliphatic heterocycles. The number of aryl methyl sites for hydroxylation is 2. The first-order valence-electron chi connectivity index (χ1n) is 10.0. The predicted molar refractivity (Wildman–Crippen MR) is 124 cm³/mol. The minimum Gasteiger partial charge on any atom is -0.326 e. The zero-order valence-corrected chi connectivity index (χ0v) is 19.3. The van der Waals surface area contributed by atoms with E-state index >= 15 is 0 Å². The normalized spacial score (nSPS) is 17.9. The first kappa shape index (κ1) is 23.0. The third-order valence-corrected chi connectivity index (χ3v) is 7.53. The molecule has 1 aliphatic rings. The molecule has 0 spiro atoms. The molecule has 1 fully saturated rings. The van der Waals surface area contributed by atoms with E-state index in [1.807, 2.05) is 32.0 Å². The maximum atomic E-state index is 12.8. The van der Waals surface area contributed by atoms with E-state index in [0.29, 0.717) is 5.69 Å². The molecule has 2 amide bonds. The van der Waals surface area contributed by atoms with Crippen molar-refractivity contribution >= 4 is 44.5 Å². The Morgan fingerprint density at radius 2 is 1.81 bits per heavy atom. The Kier molecular flexibility index (Phi) is 7.17. The van der Waals surface area contributed by atoms with Crippen LogP contribution in [0.1, 0.15) is 31.4 Å². The van der Waals surface area contributed by atoms with Crippen LogP contribution in [0.15, 0.2) is 57.8 Å². The Hall–Kier alpha value is -2.65. The number of anilines is 1. The number of amidine groups is 1. The van der Waals surface area contributed by atoms with Gasteiger partial charge >= 0.3 is 0 Å². The van der Waals surface area contributed by atoms with Crippen molar-refractivity contribution in [2.45, 2.75) is 43.8 Å². The summed E-state index contributed by atoms with van der Waals surface area (Å²) in [7, 11) is -3.97. The van der Waals surface area contributed by atoms with E-state index in [9.17, 15) is 18.0 Å². The van der Waals surface area contributed by atoms with E-state index < -0.39 is 15.3 Å². The third-order valence-electron chi connectivity index (χ3n) is 4.95. The van der Waals surface area contributed by atoms with Crippen LogP contribution in [0.3, 0.4) is 0 Å². The van der Waals surface area contributed by atoms with Gasteiger partial charge in [0.1, 0.15) is 5.25 Å². The Labute approximate surface area is 187 Å². The number of benzene rings is 2. The molecule has 164 valence electrons. The van der Waals surface area contributed by atoms with Crippen molar-refractivity contribution in [1.29, 1.82) is 0 Å². The second-order valence-electron chi connectivity index (χ2n) is 7.10. The van der Waals surface area contributed by atoms with Crippen LogP contribution < -0.4 is 5.32 Å². The molecule has 1 unspecified atom stereocenters. The number of carbonyl (C=O) groups is 2. The number of para-hydroxylation sites is 1. The van der Waals surface area contributed by atoms with Gasteiger partial charge in [-0.15, -0.1) is 4.40 Å². The Morgan fingerprint density at radius 3 is 2.42 bits per heavy atom. The molecular weight excluding hydrogens is 434 g/mol. The Balaban J connectivity index is 1.77. The average Bonchev–Trinajstić information content (AvgIpc) is 3.03. The molecule has 0 aliphatic carbocycles. The van der Waals surface area contributed by atoms with E-state index in [1.165, 1.54) is 17.0 Å². The van der Waals surface area contributed by atoms with Gasteiger partial charge in [0.2, 0.25) is 11.8 Å². The topological polar surface area (TPSA) is 95.9 Å². The van der Waals surface area contributed by atoms with Gasteiger partial charge in [-0.25, -0.2) is 0 Å². The summed E-state index contributed by atoms with van der Waals surface area (Å²) in [5.41, 5.74) is 2.62. The van der Waals surface area contributed by atoms with Gasteiger partial charge in [0.05, 0.1) is 4.90 Å². The van der Waals surface area contributed by atoms with Gasteiger partial charge in [0.15, 0.2) is 5.17 Å². The van der Waals surface area contributed by atoms with Crippen LogP contribution in [0, 0.1) is 6.92 Å². The standard InChI is InChI=1S/C22H25N3O4S2/c1-4-16-10-12-17(13-11-16)31(28,29)24-22-25(5-2)21(27)19(30-22)14-20(26)23-18-9-7-6-8-15(18)3/h6-13,19H,4-5,14H2,1-3H3,(H,23,26)/b24-22-. The molecule has 2 aromatic carbocycles. The lowest BCUT2D eigenvalue weighted by atomic mass is 10.2. The van der Waals surface area contributed by atoms with Crippen LogP contribution in [-0.4, -0.2) is 42.1 Å². The number of sulfonamides is 1. The number of rotatable bonds is 7. The zero-order valence-electron chi connectivity index (χ0n) is 17.7. The molecule has 0 bridgehead atoms. The molecular formula is C22H25N3O4S2. The van der Waals surface area contributed by atoms with Crippen molar-refractivity contribution < 1.29 is 18.0 Å². The van der Waals surface area contributed by atoms with Crippen LogP contribution in [0.5, 0.6) is 0 Å². The van der Waals surface area contributed by atoms with Crippen LogP contribution in [-0.2, 0) is 26.0 Å². The highest BCUT2D eigenvalue weighted by atomic mass is 32.2. The molecule has 1 N–H and O–H groups in total. The lowest BCUT2D eigenvalue weighted by molar-refractivity contribution is -0.128. The van der Waals surface area contributed by atoms with E-state index in [2.05, 4.69) is 9.71 Å². The molecule has 7 nitrogen and oxygen atoms in total. The fourth-order valence-electron chi connectivity index (χ4n) is 3.14. The number of nitrogens with zero attached hydrogens (tertiary/aromatic N) is 2. The number of amides is 2. The summed E-state index contributed by atoms with van der Waals surface area (Å²) in [6.45, 7) is 5.88. The third kappa shape index (κ3) is 5.34. The number of carbonyl (C=O) groups excluding carboxylic acids is 2. The summed E-state index contributed by atoms with van der Waals surface area (Å²) in [5, 5.41) is 2.19. The summed E-state index contributed by atoms with van der Waals surface area (Å²) in [6, 6.07) is 13.9. The highest BCUT2D eigenvalue weighted by Crippen LogP contribution is 2.31. The number of thioether (sulfide) groups is 1. The van der Waals surface area contributed by atoms with Crippen molar-refractivity contribution in [3.63, 3.8) is 0 Å². The highest BCUT2D eigenvalue weighted by Gasteiger charge is 2.39. The molecule has 3 rings (SSSR count). The summed E-state index contributed by atoms with van der Waals surface area (Å²) in [4.78, 5) is 26.6. The van der Waals surface area contributed by atoms with Gasteiger partial charge < -0.3 is 5.32 Å². The number of hydrogen-bond acceptors (Lipinski definition) is 5. The monoisotopic (exact) mass is 459 g/mol. The van der Waals surface area contributed by atoms with Gasteiger partial charge in [0.25, 0.3) is 10.0 Å². The molecule has 0 radical (unpaired) electrons. The summed E-state index contributed by atoms with van der Waals surface area (Å²) >= 11 is 1.01. The predicted octanol–water partition coefficient (Wildman–Crippen LogP) is 3.59. The average molecular weight is 460 g/mol. The fourth-order valence-corrected chi connectivity index (χ4v) is 5.56. The molecule has 1 atom stereocenters. The van der Waals surface area contributed by atoms with Crippen LogP contribution in [0.4, 0.5) is 5.69 Å². The van der Waals surface area contributed by atoms with Crippen molar-refractivity contribution in [3.05, 3.63) is 59.7 Å². The number of nitrogens with one attached hydrogen (secondary N) is 1. The molecule has 1 heterocycles. The SMILES string of the molecule is CCc1ccc(S(=O)(=O)/N=C2\SC(CC(=O)Nc3ccccc3C)C(=O)N2CC)cc1. The summed E-state index contributed by atoms with van der Waals surface area (Å²) in [5.74, 6) is -0.627. The second-order valence-corrected chi connectivity index (χ2v) is 9.88. The van der Waals surface area contributed by atoms with Gasteiger partial charge in [-0.1, -0.05) is 49.0 Å². The van der Waals surface area contributed by atoms with Gasteiger partial charge in [-0.05, 0) is 49.6 Å².